The van der Waals surface area contributed by atoms with Crippen molar-refractivity contribution < 1.29 is 19.1 Å². The van der Waals surface area contributed by atoms with Gasteiger partial charge >= 0.3 is 0 Å². The Labute approximate surface area is 219 Å². The van der Waals surface area contributed by atoms with Gasteiger partial charge in [-0.1, -0.05) is 54.1 Å². The summed E-state index contributed by atoms with van der Waals surface area (Å²) in [4.78, 5) is 33.9. The van der Waals surface area contributed by atoms with E-state index < -0.39 is 6.04 Å². The van der Waals surface area contributed by atoms with Crippen LogP contribution in [0.25, 0.3) is 11.0 Å². The number of ether oxygens (including phenoxy) is 2. The first-order valence-electron chi connectivity index (χ1n) is 11.9. The number of imidazole rings is 1. The fraction of sp³-hybridized carbons (Fsp3) is 0.250. The molecule has 0 saturated carbocycles. The number of anilines is 1. The number of amides is 2. The van der Waals surface area contributed by atoms with Crippen molar-refractivity contribution in [2.75, 3.05) is 19.5 Å². The molecule has 4 aromatic rings. The lowest BCUT2D eigenvalue weighted by atomic mass is 10.0. The van der Waals surface area contributed by atoms with Crippen LogP contribution in [0.5, 0.6) is 11.5 Å². The summed E-state index contributed by atoms with van der Waals surface area (Å²) in [6.45, 7) is 2.39. The summed E-state index contributed by atoms with van der Waals surface area (Å²) in [5.41, 5.74) is 3.01. The monoisotopic (exact) mass is 518 g/mol. The van der Waals surface area contributed by atoms with Crippen LogP contribution in [0.4, 0.5) is 5.69 Å². The first-order chi connectivity index (χ1) is 17.9. The highest BCUT2D eigenvalue weighted by atomic mass is 35.5. The van der Waals surface area contributed by atoms with E-state index in [0.29, 0.717) is 28.8 Å². The number of methoxy groups -OCH3 is 2. The van der Waals surface area contributed by atoms with Crippen molar-refractivity contribution in [3.63, 3.8) is 0 Å². The van der Waals surface area contributed by atoms with Gasteiger partial charge in [0, 0.05) is 12.6 Å². The number of aromatic nitrogens is 2. The average Bonchev–Trinajstić information content (AvgIpc) is 3.30. The van der Waals surface area contributed by atoms with Crippen molar-refractivity contribution in [2.45, 2.75) is 32.0 Å². The minimum absolute atomic E-state index is 0.0863. The zero-order valence-corrected chi connectivity index (χ0v) is 21.5. The molecule has 0 unspecified atom stereocenters. The summed E-state index contributed by atoms with van der Waals surface area (Å²) in [5, 5.41) is 3.19. The van der Waals surface area contributed by atoms with Crippen LogP contribution in [-0.4, -0.2) is 40.5 Å². The molecule has 2 atom stereocenters. The first kappa shape index (κ1) is 24.6. The fourth-order valence-electron chi connectivity index (χ4n) is 4.83. The summed E-state index contributed by atoms with van der Waals surface area (Å²) >= 11 is 6.28. The van der Waals surface area contributed by atoms with E-state index in [1.807, 2.05) is 66.1 Å². The van der Waals surface area contributed by atoms with E-state index in [2.05, 4.69) is 5.32 Å². The molecule has 9 heteroatoms. The van der Waals surface area contributed by atoms with Crippen molar-refractivity contribution in [1.82, 2.24) is 14.5 Å². The van der Waals surface area contributed by atoms with Crippen LogP contribution in [0.1, 0.15) is 36.8 Å². The molecule has 0 bridgehead atoms. The number of benzene rings is 3. The van der Waals surface area contributed by atoms with Gasteiger partial charge in [-0.05, 0) is 30.7 Å². The van der Waals surface area contributed by atoms with Gasteiger partial charge in [0.05, 0.1) is 48.4 Å². The summed E-state index contributed by atoms with van der Waals surface area (Å²) in [5.74, 6) is 1.09. The molecule has 0 fully saturated rings. The van der Waals surface area contributed by atoms with Crippen molar-refractivity contribution in [2.24, 2.45) is 0 Å². The molecule has 0 saturated heterocycles. The van der Waals surface area contributed by atoms with Gasteiger partial charge in [-0.15, -0.1) is 0 Å². The Morgan fingerprint density at radius 2 is 1.73 bits per heavy atom. The van der Waals surface area contributed by atoms with Crippen LogP contribution in [0.2, 0.25) is 5.02 Å². The molecule has 5 rings (SSSR count). The molecule has 37 heavy (non-hydrogen) atoms. The highest BCUT2D eigenvalue weighted by Gasteiger charge is 2.40. The Balaban J connectivity index is 1.50. The first-order valence-corrected chi connectivity index (χ1v) is 12.3. The van der Waals surface area contributed by atoms with E-state index in [9.17, 15) is 9.59 Å². The predicted molar refractivity (Wildman–Crippen MR) is 142 cm³/mol. The number of hydrogen-bond acceptors (Lipinski definition) is 5. The smallest absolute Gasteiger partial charge is 0.247 e. The Kier molecular flexibility index (Phi) is 6.76. The maximum Gasteiger partial charge on any atom is 0.247 e. The van der Waals surface area contributed by atoms with Gasteiger partial charge in [0.1, 0.15) is 23.4 Å². The van der Waals surface area contributed by atoms with E-state index in [1.165, 1.54) is 14.2 Å². The number of nitrogens with one attached hydrogen (secondary N) is 1. The molecular weight excluding hydrogens is 492 g/mol. The molecule has 8 nitrogen and oxygen atoms in total. The van der Waals surface area contributed by atoms with Gasteiger partial charge < -0.3 is 24.3 Å². The Hall–Kier alpha value is -4.04. The number of carbonyl (C=O) groups is 2. The Bertz CT molecular complexity index is 1470. The summed E-state index contributed by atoms with van der Waals surface area (Å²) in [7, 11) is 3.00. The third-order valence-corrected chi connectivity index (χ3v) is 6.96. The normalized spacial score (nSPS) is 17.0. The average molecular weight is 519 g/mol. The fourth-order valence-corrected chi connectivity index (χ4v) is 5.07. The number of para-hydroxylation sites is 2. The predicted octanol–water partition coefficient (Wildman–Crippen LogP) is 5.38. The highest BCUT2D eigenvalue weighted by molar-refractivity contribution is 6.32. The van der Waals surface area contributed by atoms with Crippen molar-refractivity contribution in [3.8, 4) is 11.5 Å². The molecular formula is C28H27ClN4O4. The molecule has 0 aliphatic carbocycles. The molecule has 0 spiro atoms. The van der Waals surface area contributed by atoms with Crippen molar-refractivity contribution in [3.05, 3.63) is 83.1 Å². The van der Waals surface area contributed by atoms with Crippen LogP contribution >= 0.6 is 11.6 Å². The lowest BCUT2D eigenvalue weighted by molar-refractivity contribution is -0.142. The third-order valence-electron chi connectivity index (χ3n) is 6.67. The van der Waals surface area contributed by atoms with E-state index >= 15 is 0 Å². The molecule has 2 heterocycles. The lowest BCUT2D eigenvalue weighted by Gasteiger charge is -2.38. The highest BCUT2D eigenvalue weighted by Crippen LogP contribution is 2.39. The molecule has 1 N–H and O–H groups in total. The number of fused-ring (bicyclic) bond motifs is 3. The third kappa shape index (κ3) is 4.60. The summed E-state index contributed by atoms with van der Waals surface area (Å²) < 4.78 is 12.6. The van der Waals surface area contributed by atoms with Gasteiger partial charge in [-0.3, -0.25) is 9.59 Å². The number of halogens is 1. The molecule has 190 valence electrons. The van der Waals surface area contributed by atoms with E-state index in [4.69, 9.17) is 26.1 Å². The van der Waals surface area contributed by atoms with Crippen LogP contribution in [0.3, 0.4) is 0 Å². The van der Waals surface area contributed by atoms with Gasteiger partial charge in [-0.2, -0.15) is 0 Å². The van der Waals surface area contributed by atoms with Crippen LogP contribution in [0.15, 0.2) is 66.7 Å². The maximum atomic E-state index is 13.9. The number of rotatable bonds is 7. The van der Waals surface area contributed by atoms with E-state index in [1.54, 1.807) is 17.0 Å². The van der Waals surface area contributed by atoms with E-state index in [0.717, 1.165) is 22.4 Å². The number of carbonyl (C=O) groups excluding carboxylic acids is 2. The second-order valence-electron chi connectivity index (χ2n) is 8.91. The minimum Gasteiger partial charge on any atom is -0.495 e. The maximum absolute atomic E-state index is 13.9. The number of nitrogens with zero attached hydrogens (tertiary/aromatic N) is 3. The zero-order chi connectivity index (χ0) is 26.1. The number of hydrogen-bond donors (Lipinski definition) is 1. The second kappa shape index (κ2) is 10.1. The molecule has 1 aliphatic heterocycles. The van der Waals surface area contributed by atoms with Gasteiger partial charge in [-0.25, -0.2) is 4.98 Å². The standard InChI is InChI=1S/C28H27ClN4O4/c1-17-27-31-20-11-7-8-12-22(20)33(27)23(28(35)32(17)16-18-9-5-4-6-10-18)14-26(34)30-21-13-19(29)24(36-2)15-25(21)37-3/h4-13,15,17,23H,14,16H2,1-3H3,(H,30,34)/t17-,23+/m1/s1. The Morgan fingerprint density at radius 3 is 2.46 bits per heavy atom. The van der Waals surface area contributed by atoms with E-state index in [-0.39, 0.29) is 24.3 Å². The summed E-state index contributed by atoms with van der Waals surface area (Å²) in [6.07, 6.45) is -0.0863. The van der Waals surface area contributed by atoms with Gasteiger partial charge in [0.2, 0.25) is 11.8 Å². The SMILES string of the molecule is COc1cc(OC)c(NC(=O)C[C@H]2C(=O)N(Cc3ccccc3)[C@H](C)c3nc4ccccc4n32)cc1Cl. The van der Waals surface area contributed by atoms with Gasteiger partial charge in [0.15, 0.2) is 0 Å². The molecule has 1 aliphatic rings. The zero-order valence-electron chi connectivity index (χ0n) is 20.8. The molecule has 1 aromatic heterocycles. The van der Waals surface area contributed by atoms with Gasteiger partial charge in [0.25, 0.3) is 0 Å². The molecule has 2 amide bonds. The lowest BCUT2D eigenvalue weighted by Crippen LogP contribution is -2.45. The van der Waals surface area contributed by atoms with Crippen LogP contribution in [0, 0.1) is 0 Å². The second-order valence-corrected chi connectivity index (χ2v) is 9.32. The molecule has 0 radical (unpaired) electrons. The van der Waals surface area contributed by atoms with Crippen molar-refractivity contribution >= 4 is 40.1 Å². The molecule has 3 aromatic carbocycles. The van der Waals surface area contributed by atoms with Crippen LogP contribution < -0.4 is 14.8 Å². The summed E-state index contributed by atoms with van der Waals surface area (Å²) in [6, 6.07) is 19.6. The topological polar surface area (TPSA) is 85.7 Å². The largest absolute Gasteiger partial charge is 0.495 e. The quantitative estimate of drug-likeness (QED) is 0.355. The Morgan fingerprint density at radius 1 is 1.03 bits per heavy atom. The van der Waals surface area contributed by atoms with Crippen molar-refractivity contribution in [1.29, 1.82) is 0 Å². The van der Waals surface area contributed by atoms with Crippen LogP contribution in [-0.2, 0) is 16.1 Å². The minimum atomic E-state index is -0.762.